The number of benzene rings is 2. The van der Waals surface area contributed by atoms with Gasteiger partial charge in [-0.1, -0.05) is 47.5 Å². The lowest BCUT2D eigenvalue weighted by Crippen LogP contribution is -2.15. The van der Waals surface area contributed by atoms with E-state index in [-0.39, 0.29) is 5.82 Å². The van der Waals surface area contributed by atoms with Gasteiger partial charge in [-0.15, -0.1) is 0 Å². The molecular formula is C14H12Cl2FN. The maximum atomic E-state index is 13.5. The van der Waals surface area contributed by atoms with Gasteiger partial charge in [0, 0.05) is 21.7 Å². The van der Waals surface area contributed by atoms with Crippen molar-refractivity contribution in [1.29, 1.82) is 0 Å². The summed E-state index contributed by atoms with van der Waals surface area (Å²) in [6, 6.07) is 11.3. The van der Waals surface area contributed by atoms with Crippen molar-refractivity contribution < 1.29 is 4.39 Å². The quantitative estimate of drug-likeness (QED) is 0.889. The number of hydrogen-bond donors (Lipinski definition) is 1. The molecule has 0 fully saturated rings. The van der Waals surface area contributed by atoms with Crippen LogP contribution in [0.2, 0.25) is 10.0 Å². The van der Waals surface area contributed by atoms with Crippen LogP contribution in [-0.2, 0) is 6.42 Å². The maximum Gasteiger partial charge on any atom is 0.126 e. The van der Waals surface area contributed by atoms with Gasteiger partial charge in [0.25, 0.3) is 0 Å². The van der Waals surface area contributed by atoms with Crippen LogP contribution in [0.15, 0.2) is 42.5 Å². The van der Waals surface area contributed by atoms with Crippen molar-refractivity contribution in [2.45, 2.75) is 12.5 Å². The molecule has 0 aliphatic heterocycles. The van der Waals surface area contributed by atoms with Crippen LogP contribution in [0.3, 0.4) is 0 Å². The normalized spacial score (nSPS) is 12.4. The lowest BCUT2D eigenvalue weighted by molar-refractivity contribution is 0.593. The Morgan fingerprint density at radius 1 is 1.00 bits per heavy atom. The molecule has 0 spiro atoms. The van der Waals surface area contributed by atoms with Gasteiger partial charge in [-0.25, -0.2) is 4.39 Å². The first-order valence-electron chi connectivity index (χ1n) is 5.52. The van der Waals surface area contributed by atoms with Gasteiger partial charge in [-0.05, 0) is 30.2 Å². The van der Waals surface area contributed by atoms with Crippen molar-refractivity contribution in [3.63, 3.8) is 0 Å². The van der Waals surface area contributed by atoms with Crippen molar-refractivity contribution in [2.75, 3.05) is 0 Å². The van der Waals surface area contributed by atoms with E-state index >= 15 is 0 Å². The second kappa shape index (κ2) is 5.70. The van der Waals surface area contributed by atoms with E-state index in [1.807, 2.05) is 0 Å². The third-order valence-corrected chi connectivity index (χ3v) is 3.43. The molecule has 0 heterocycles. The lowest BCUT2D eigenvalue weighted by Gasteiger charge is -2.15. The van der Waals surface area contributed by atoms with E-state index in [1.165, 1.54) is 6.07 Å². The summed E-state index contributed by atoms with van der Waals surface area (Å²) in [5, 5.41) is 1.01. The van der Waals surface area contributed by atoms with Gasteiger partial charge >= 0.3 is 0 Å². The van der Waals surface area contributed by atoms with Gasteiger partial charge in [0.05, 0.1) is 0 Å². The Hall–Kier alpha value is -1.09. The maximum absolute atomic E-state index is 13.5. The average Bonchev–Trinajstić information content (AvgIpc) is 2.32. The summed E-state index contributed by atoms with van der Waals surface area (Å²) < 4.78 is 13.5. The molecule has 0 aliphatic carbocycles. The molecule has 4 heteroatoms. The van der Waals surface area contributed by atoms with Crippen LogP contribution in [0.25, 0.3) is 0 Å². The fraction of sp³-hybridized carbons (Fsp3) is 0.143. The zero-order chi connectivity index (χ0) is 13.1. The van der Waals surface area contributed by atoms with E-state index in [9.17, 15) is 4.39 Å². The molecule has 0 amide bonds. The van der Waals surface area contributed by atoms with Crippen molar-refractivity contribution in [1.82, 2.24) is 0 Å². The van der Waals surface area contributed by atoms with E-state index in [1.54, 1.807) is 36.4 Å². The molecule has 2 rings (SSSR count). The smallest absolute Gasteiger partial charge is 0.126 e. The Morgan fingerprint density at radius 3 is 2.22 bits per heavy atom. The number of nitrogens with two attached hydrogens (primary N) is 1. The third kappa shape index (κ3) is 2.83. The van der Waals surface area contributed by atoms with Crippen LogP contribution in [0.1, 0.15) is 17.2 Å². The SMILES string of the molecule is NC(Cc1ccccc1F)c1c(Cl)cccc1Cl. The minimum absolute atomic E-state index is 0.267. The van der Waals surface area contributed by atoms with Crippen LogP contribution >= 0.6 is 23.2 Å². The zero-order valence-corrected chi connectivity index (χ0v) is 11.0. The fourth-order valence-corrected chi connectivity index (χ4v) is 2.55. The molecule has 0 bridgehead atoms. The highest BCUT2D eigenvalue weighted by Gasteiger charge is 2.15. The van der Waals surface area contributed by atoms with Crippen molar-refractivity contribution in [3.8, 4) is 0 Å². The van der Waals surface area contributed by atoms with E-state index in [0.29, 0.717) is 27.6 Å². The predicted octanol–water partition coefficient (Wildman–Crippen LogP) is 4.38. The standard InChI is InChI=1S/C14H12Cl2FN/c15-10-5-3-6-11(16)14(10)13(18)8-9-4-1-2-7-12(9)17/h1-7,13H,8,18H2. The summed E-state index contributed by atoms with van der Waals surface area (Å²) >= 11 is 12.1. The topological polar surface area (TPSA) is 26.0 Å². The van der Waals surface area contributed by atoms with Crippen LogP contribution in [-0.4, -0.2) is 0 Å². The summed E-state index contributed by atoms with van der Waals surface area (Å²) in [6.07, 6.45) is 0.357. The van der Waals surface area contributed by atoms with Crippen molar-refractivity contribution in [3.05, 3.63) is 69.5 Å². The molecule has 0 aromatic heterocycles. The van der Waals surface area contributed by atoms with E-state index in [0.717, 1.165) is 0 Å². The highest BCUT2D eigenvalue weighted by molar-refractivity contribution is 6.36. The summed E-state index contributed by atoms with van der Waals surface area (Å²) in [4.78, 5) is 0. The monoisotopic (exact) mass is 283 g/mol. The van der Waals surface area contributed by atoms with Gasteiger partial charge in [-0.3, -0.25) is 0 Å². The van der Waals surface area contributed by atoms with Crippen LogP contribution in [0.5, 0.6) is 0 Å². The third-order valence-electron chi connectivity index (χ3n) is 2.77. The van der Waals surface area contributed by atoms with Gasteiger partial charge in [0.2, 0.25) is 0 Å². The summed E-state index contributed by atoms with van der Waals surface area (Å²) in [5.41, 5.74) is 7.28. The van der Waals surface area contributed by atoms with Gasteiger partial charge in [0.15, 0.2) is 0 Å². The number of rotatable bonds is 3. The Kier molecular flexibility index (Phi) is 4.23. The molecule has 94 valence electrons. The minimum Gasteiger partial charge on any atom is -0.324 e. The van der Waals surface area contributed by atoms with Crippen molar-refractivity contribution in [2.24, 2.45) is 5.73 Å². The van der Waals surface area contributed by atoms with Crippen LogP contribution < -0.4 is 5.73 Å². The second-order valence-corrected chi connectivity index (χ2v) is 4.85. The molecule has 2 aromatic carbocycles. The van der Waals surface area contributed by atoms with Gasteiger partial charge in [0.1, 0.15) is 5.82 Å². The number of halogens is 3. The molecular weight excluding hydrogens is 272 g/mol. The second-order valence-electron chi connectivity index (χ2n) is 4.04. The van der Waals surface area contributed by atoms with Crippen LogP contribution in [0, 0.1) is 5.82 Å². The minimum atomic E-state index is -0.428. The van der Waals surface area contributed by atoms with Gasteiger partial charge in [-0.2, -0.15) is 0 Å². The molecule has 0 saturated carbocycles. The highest BCUT2D eigenvalue weighted by atomic mass is 35.5. The molecule has 0 saturated heterocycles. The van der Waals surface area contributed by atoms with Crippen molar-refractivity contribution >= 4 is 23.2 Å². The van der Waals surface area contributed by atoms with Gasteiger partial charge < -0.3 is 5.73 Å². The lowest BCUT2D eigenvalue weighted by atomic mass is 9.99. The molecule has 1 nitrogen and oxygen atoms in total. The Labute approximate surface area is 115 Å². The summed E-state index contributed by atoms with van der Waals surface area (Å²) in [5.74, 6) is -0.267. The molecule has 18 heavy (non-hydrogen) atoms. The van der Waals surface area contributed by atoms with E-state index < -0.39 is 6.04 Å². The van der Waals surface area contributed by atoms with E-state index in [4.69, 9.17) is 28.9 Å². The van der Waals surface area contributed by atoms with Crippen LogP contribution in [0.4, 0.5) is 4.39 Å². The van der Waals surface area contributed by atoms with E-state index in [2.05, 4.69) is 0 Å². The molecule has 1 unspecified atom stereocenters. The highest BCUT2D eigenvalue weighted by Crippen LogP contribution is 2.31. The predicted molar refractivity (Wildman–Crippen MR) is 73.5 cm³/mol. The summed E-state index contributed by atoms with van der Waals surface area (Å²) in [6.45, 7) is 0. The molecule has 0 aliphatic rings. The average molecular weight is 284 g/mol. The Balaban J connectivity index is 2.28. The Bertz CT molecular complexity index is 537. The zero-order valence-electron chi connectivity index (χ0n) is 9.54. The molecule has 0 radical (unpaired) electrons. The first-order valence-corrected chi connectivity index (χ1v) is 6.28. The summed E-state index contributed by atoms with van der Waals surface area (Å²) in [7, 11) is 0. The fourth-order valence-electron chi connectivity index (χ4n) is 1.87. The Morgan fingerprint density at radius 2 is 1.61 bits per heavy atom. The first-order chi connectivity index (χ1) is 8.59. The molecule has 2 aromatic rings. The molecule has 1 atom stereocenters. The number of hydrogen-bond acceptors (Lipinski definition) is 1. The molecule has 2 N–H and O–H groups in total. The largest absolute Gasteiger partial charge is 0.324 e. The first kappa shape index (κ1) is 13.3.